The number of methoxy groups -OCH3 is 1. The van der Waals surface area contributed by atoms with E-state index in [2.05, 4.69) is 4.98 Å². The van der Waals surface area contributed by atoms with Crippen LogP contribution in [0.1, 0.15) is 41.8 Å². The van der Waals surface area contributed by atoms with E-state index in [4.69, 9.17) is 15.5 Å². The van der Waals surface area contributed by atoms with E-state index in [1.54, 1.807) is 23.1 Å². The molecule has 1 atom stereocenters. The number of carbonyl (C=O) groups excluding carboxylic acids is 2. The number of nitrogens with two attached hydrogens (primary N) is 1. The highest BCUT2D eigenvalue weighted by molar-refractivity contribution is 6.22. The van der Waals surface area contributed by atoms with E-state index < -0.39 is 5.97 Å². The Kier molecular flexibility index (Phi) is 7.69. The first kappa shape index (κ1) is 25.7. The molecular weight excluding hydrogens is 468 g/mol. The number of aromatic amines is 1. The normalized spacial score (nSPS) is 12.4. The van der Waals surface area contributed by atoms with Crippen LogP contribution in [0.2, 0.25) is 0 Å². The predicted molar refractivity (Wildman–Crippen MR) is 146 cm³/mol. The van der Waals surface area contributed by atoms with Crippen molar-refractivity contribution in [2.75, 3.05) is 18.6 Å². The zero-order valence-corrected chi connectivity index (χ0v) is 21.1. The van der Waals surface area contributed by atoms with Crippen LogP contribution in [0.5, 0.6) is 5.88 Å². The number of esters is 1. The second-order valence-electron chi connectivity index (χ2n) is 8.88. The largest absolute Gasteiger partial charge is 0.494 e. The molecule has 37 heavy (non-hydrogen) atoms. The highest BCUT2D eigenvalue weighted by atomic mass is 16.5. The lowest BCUT2D eigenvalue weighted by molar-refractivity contribution is -0.116. The quantitative estimate of drug-likeness (QED) is 0.235. The molecule has 4 aromatic rings. The number of anilines is 1. The average Bonchev–Trinajstić information content (AvgIpc) is 3.22. The molecule has 0 saturated heterocycles. The SMILES string of the molecule is COC(=O)c1ccc2c(C(=Nc3ccc(N(CCC(C)N)C(C)=O)cc3)c3ccccc3)c(O)[nH]c2c1. The Hall–Kier alpha value is -4.43. The summed E-state index contributed by atoms with van der Waals surface area (Å²) in [6, 6.07) is 22.0. The van der Waals surface area contributed by atoms with Crippen molar-refractivity contribution in [3.05, 3.63) is 89.5 Å². The zero-order chi connectivity index (χ0) is 26.5. The number of ether oxygens (including phenoxy) is 1. The fraction of sp³-hybridized carbons (Fsp3) is 0.207. The number of benzene rings is 3. The molecule has 4 rings (SSSR count). The minimum absolute atomic E-state index is 0.00768. The standard InChI is InChI=1S/C29H30N4O4/c1-18(30)15-16-33(19(2)34)23-12-10-22(11-13-23)31-27(20-7-5-4-6-8-20)26-24-14-9-21(29(36)37-3)17-25(24)32-28(26)35/h4-14,17-18,32,35H,15-16,30H2,1-3H3. The summed E-state index contributed by atoms with van der Waals surface area (Å²) in [5.41, 5.74) is 10.1. The number of rotatable bonds is 8. The number of nitrogens with one attached hydrogen (secondary N) is 1. The van der Waals surface area contributed by atoms with Gasteiger partial charge in [-0.1, -0.05) is 36.4 Å². The van der Waals surface area contributed by atoms with Gasteiger partial charge in [0, 0.05) is 41.7 Å². The third-order valence-corrected chi connectivity index (χ3v) is 6.07. The molecule has 0 aliphatic rings. The van der Waals surface area contributed by atoms with Crippen LogP contribution in [0.25, 0.3) is 10.9 Å². The molecule has 0 bridgehead atoms. The third kappa shape index (κ3) is 5.70. The van der Waals surface area contributed by atoms with Gasteiger partial charge in [-0.25, -0.2) is 9.79 Å². The van der Waals surface area contributed by atoms with Gasteiger partial charge in [-0.05, 0) is 49.7 Å². The van der Waals surface area contributed by atoms with Gasteiger partial charge in [0.25, 0.3) is 0 Å². The molecule has 190 valence electrons. The Morgan fingerprint density at radius 2 is 1.76 bits per heavy atom. The number of aromatic hydroxyl groups is 1. The van der Waals surface area contributed by atoms with Crippen LogP contribution in [0.3, 0.4) is 0 Å². The molecule has 0 aliphatic heterocycles. The summed E-state index contributed by atoms with van der Waals surface area (Å²) in [6.45, 7) is 3.98. The molecular formula is C29H30N4O4. The molecule has 0 radical (unpaired) electrons. The average molecular weight is 499 g/mol. The van der Waals surface area contributed by atoms with Crippen LogP contribution in [0.4, 0.5) is 11.4 Å². The van der Waals surface area contributed by atoms with Gasteiger partial charge >= 0.3 is 5.97 Å². The molecule has 4 N–H and O–H groups in total. The lowest BCUT2D eigenvalue weighted by atomic mass is 10.00. The Bertz CT molecular complexity index is 1440. The fourth-order valence-corrected chi connectivity index (χ4v) is 4.17. The molecule has 1 amide bonds. The van der Waals surface area contributed by atoms with Gasteiger partial charge in [0.05, 0.1) is 29.6 Å². The number of H-pyrrole nitrogens is 1. The molecule has 1 aromatic heterocycles. The van der Waals surface area contributed by atoms with E-state index in [-0.39, 0.29) is 17.8 Å². The number of hydrogen-bond acceptors (Lipinski definition) is 6. The Labute approximate surface area is 215 Å². The highest BCUT2D eigenvalue weighted by Crippen LogP contribution is 2.32. The summed E-state index contributed by atoms with van der Waals surface area (Å²) < 4.78 is 4.82. The lowest BCUT2D eigenvalue weighted by Gasteiger charge is -2.22. The van der Waals surface area contributed by atoms with E-state index in [0.717, 1.165) is 11.3 Å². The van der Waals surface area contributed by atoms with Crippen molar-refractivity contribution in [2.24, 2.45) is 10.7 Å². The second kappa shape index (κ2) is 11.1. The number of nitrogens with zero attached hydrogens (tertiary/aromatic N) is 2. The first-order valence-corrected chi connectivity index (χ1v) is 12.0. The molecule has 8 nitrogen and oxygen atoms in total. The summed E-state index contributed by atoms with van der Waals surface area (Å²) >= 11 is 0. The Balaban J connectivity index is 1.78. The third-order valence-electron chi connectivity index (χ3n) is 6.07. The van der Waals surface area contributed by atoms with Crippen LogP contribution in [0, 0.1) is 0 Å². The predicted octanol–water partition coefficient (Wildman–Crippen LogP) is 4.92. The number of aromatic nitrogens is 1. The summed E-state index contributed by atoms with van der Waals surface area (Å²) in [6.07, 6.45) is 0.690. The summed E-state index contributed by atoms with van der Waals surface area (Å²) in [7, 11) is 1.32. The maximum Gasteiger partial charge on any atom is 0.337 e. The Morgan fingerprint density at radius 3 is 2.38 bits per heavy atom. The molecule has 0 fully saturated rings. The van der Waals surface area contributed by atoms with Gasteiger partial charge in [-0.3, -0.25) is 4.79 Å². The van der Waals surface area contributed by atoms with Crippen molar-refractivity contribution in [2.45, 2.75) is 26.3 Å². The van der Waals surface area contributed by atoms with Gasteiger partial charge in [0.2, 0.25) is 5.91 Å². The summed E-state index contributed by atoms with van der Waals surface area (Å²) in [5.74, 6) is -0.582. The smallest absolute Gasteiger partial charge is 0.337 e. The van der Waals surface area contributed by atoms with Crippen LogP contribution >= 0.6 is 0 Å². The monoisotopic (exact) mass is 498 g/mol. The van der Waals surface area contributed by atoms with Crippen LogP contribution in [-0.2, 0) is 9.53 Å². The van der Waals surface area contributed by atoms with E-state index in [0.29, 0.717) is 46.4 Å². The van der Waals surface area contributed by atoms with E-state index in [9.17, 15) is 14.7 Å². The van der Waals surface area contributed by atoms with Crippen molar-refractivity contribution in [3.63, 3.8) is 0 Å². The summed E-state index contributed by atoms with van der Waals surface area (Å²) in [5, 5.41) is 11.6. The maximum absolute atomic E-state index is 12.2. The first-order valence-electron chi connectivity index (χ1n) is 12.0. The number of amides is 1. The number of carbonyl (C=O) groups is 2. The minimum Gasteiger partial charge on any atom is -0.494 e. The van der Waals surface area contributed by atoms with Crippen molar-refractivity contribution >= 4 is 39.9 Å². The molecule has 0 spiro atoms. The number of aliphatic imine (C=N–C) groups is 1. The minimum atomic E-state index is -0.463. The van der Waals surface area contributed by atoms with Crippen LogP contribution in [-0.4, -0.2) is 47.4 Å². The number of fused-ring (bicyclic) bond motifs is 1. The van der Waals surface area contributed by atoms with Crippen molar-refractivity contribution in [1.29, 1.82) is 0 Å². The van der Waals surface area contributed by atoms with E-state index in [1.807, 2.05) is 61.5 Å². The van der Waals surface area contributed by atoms with Crippen molar-refractivity contribution in [3.8, 4) is 5.88 Å². The molecule has 3 aromatic carbocycles. The van der Waals surface area contributed by atoms with Crippen molar-refractivity contribution in [1.82, 2.24) is 4.98 Å². The fourth-order valence-electron chi connectivity index (χ4n) is 4.17. The Morgan fingerprint density at radius 1 is 1.05 bits per heavy atom. The van der Waals surface area contributed by atoms with Gasteiger partial charge in [0.1, 0.15) is 0 Å². The van der Waals surface area contributed by atoms with Crippen LogP contribution < -0.4 is 10.6 Å². The van der Waals surface area contributed by atoms with Gasteiger partial charge in [-0.2, -0.15) is 0 Å². The maximum atomic E-state index is 12.2. The summed E-state index contributed by atoms with van der Waals surface area (Å²) in [4.78, 5) is 33.7. The van der Waals surface area contributed by atoms with E-state index in [1.165, 1.54) is 14.0 Å². The number of hydrogen-bond donors (Lipinski definition) is 3. The second-order valence-corrected chi connectivity index (χ2v) is 8.88. The first-order chi connectivity index (χ1) is 17.8. The zero-order valence-electron chi connectivity index (χ0n) is 21.1. The van der Waals surface area contributed by atoms with Gasteiger partial charge in [-0.15, -0.1) is 0 Å². The lowest BCUT2D eigenvalue weighted by Crippen LogP contribution is -2.32. The topological polar surface area (TPSA) is 121 Å². The van der Waals surface area contributed by atoms with E-state index >= 15 is 0 Å². The van der Waals surface area contributed by atoms with Gasteiger partial charge in [0.15, 0.2) is 5.88 Å². The van der Waals surface area contributed by atoms with Crippen molar-refractivity contribution < 1.29 is 19.4 Å². The highest BCUT2D eigenvalue weighted by Gasteiger charge is 2.20. The van der Waals surface area contributed by atoms with Gasteiger partial charge < -0.3 is 25.5 Å². The molecule has 0 saturated carbocycles. The molecule has 1 unspecified atom stereocenters. The molecule has 8 heteroatoms. The van der Waals surface area contributed by atoms with Crippen LogP contribution in [0.15, 0.2) is 77.8 Å². The molecule has 0 aliphatic carbocycles. The molecule has 1 heterocycles.